The highest BCUT2D eigenvalue weighted by Crippen LogP contribution is 2.14. The van der Waals surface area contributed by atoms with Crippen molar-refractivity contribution in [1.29, 1.82) is 0 Å². The molecule has 1 aliphatic heterocycles. The van der Waals surface area contributed by atoms with E-state index < -0.39 is 0 Å². The fourth-order valence-electron chi connectivity index (χ4n) is 2.83. The van der Waals surface area contributed by atoms with E-state index in [2.05, 4.69) is 10.3 Å². The van der Waals surface area contributed by atoms with Crippen LogP contribution in [0.4, 0.5) is 10.2 Å². The smallest absolute Gasteiger partial charge is 0.222 e. The third-order valence-corrected chi connectivity index (χ3v) is 4.39. The van der Waals surface area contributed by atoms with Gasteiger partial charge in [0.15, 0.2) is 0 Å². The molecule has 0 unspecified atom stereocenters. The Morgan fingerprint density at radius 2 is 2.03 bits per heavy atom. The molecule has 1 saturated heterocycles. The Morgan fingerprint density at radius 3 is 2.59 bits per heavy atom. The Labute approximate surface area is 170 Å². The first-order chi connectivity index (χ1) is 14.0. The van der Waals surface area contributed by atoms with Crippen molar-refractivity contribution >= 4 is 18.1 Å². The van der Waals surface area contributed by atoms with E-state index in [1.807, 2.05) is 11.8 Å². The minimum Gasteiger partial charge on any atom is -0.506 e. The summed E-state index contributed by atoms with van der Waals surface area (Å²) in [5.74, 6) is 0.604. The Balaban J connectivity index is 0.000000207. The van der Waals surface area contributed by atoms with Gasteiger partial charge in [0.1, 0.15) is 17.4 Å². The number of benzene rings is 1. The first-order valence-electron chi connectivity index (χ1n) is 9.63. The van der Waals surface area contributed by atoms with E-state index >= 15 is 0 Å². The van der Waals surface area contributed by atoms with E-state index in [0.29, 0.717) is 25.3 Å². The van der Waals surface area contributed by atoms with Gasteiger partial charge in [0.25, 0.3) is 0 Å². The molecular formula is C21H27FN4O3. The number of rotatable bonds is 8. The van der Waals surface area contributed by atoms with Crippen LogP contribution in [0.15, 0.2) is 42.6 Å². The van der Waals surface area contributed by atoms with Crippen molar-refractivity contribution in [2.45, 2.75) is 26.3 Å². The molecule has 156 valence electrons. The normalized spacial score (nSPS) is 13.0. The molecule has 8 heteroatoms. The number of likely N-dealkylation sites (N-methyl/N-ethyl adjacent to an activating group) is 1. The second-order valence-corrected chi connectivity index (χ2v) is 6.57. The SMILES string of the molecule is CCNCCN(C=O)c1ccc(O)cn1.O=C1CCCN1Cc1ccc(F)cc1. The number of carbonyl (C=O) groups is 2. The van der Waals surface area contributed by atoms with Crippen molar-refractivity contribution in [3.05, 3.63) is 54.0 Å². The summed E-state index contributed by atoms with van der Waals surface area (Å²) >= 11 is 0. The van der Waals surface area contributed by atoms with Gasteiger partial charge in [0, 0.05) is 32.6 Å². The van der Waals surface area contributed by atoms with Crippen LogP contribution in [-0.2, 0) is 16.1 Å². The number of anilines is 1. The molecule has 1 fully saturated rings. The lowest BCUT2D eigenvalue weighted by Crippen LogP contribution is -2.31. The molecule has 2 heterocycles. The second kappa shape index (κ2) is 11.8. The number of amides is 2. The minimum atomic E-state index is -0.235. The molecule has 2 N–H and O–H groups in total. The van der Waals surface area contributed by atoms with Crippen LogP contribution in [0.2, 0.25) is 0 Å². The Kier molecular flexibility index (Phi) is 9.04. The number of carbonyl (C=O) groups excluding carboxylic acids is 2. The van der Waals surface area contributed by atoms with Gasteiger partial charge in [0.05, 0.1) is 6.20 Å². The number of nitrogens with zero attached hydrogens (tertiary/aromatic N) is 3. The monoisotopic (exact) mass is 402 g/mol. The zero-order valence-corrected chi connectivity index (χ0v) is 16.6. The molecule has 0 radical (unpaired) electrons. The van der Waals surface area contributed by atoms with Gasteiger partial charge in [-0.2, -0.15) is 0 Å². The maximum Gasteiger partial charge on any atom is 0.222 e. The van der Waals surface area contributed by atoms with E-state index in [4.69, 9.17) is 5.11 Å². The van der Waals surface area contributed by atoms with Crippen LogP contribution in [0, 0.1) is 5.82 Å². The summed E-state index contributed by atoms with van der Waals surface area (Å²) in [6.07, 6.45) is 3.65. The van der Waals surface area contributed by atoms with E-state index in [-0.39, 0.29) is 17.5 Å². The number of aromatic hydroxyl groups is 1. The zero-order valence-electron chi connectivity index (χ0n) is 16.6. The quantitative estimate of drug-likeness (QED) is 0.523. The molecule has 0 saturated carbocycles. The predicted octanol–water partition coefficient (Wildman–Crippen LogP) is 2.31. The number of pyridine rings is 1. The maximum absolute atomic E-state index is 12.6. The third-order valence-electron chi connectivity index (χ3n) is 4.39. The summed E-state index contributed by atoms with van der Waals surface area (Å²) in [5, 5.41) is 12.2. The number of hydrogen-bond donors (Lipinski definition) is 2. The van der Waals surface area contributed by atoms with Gasteiger partial charge in [0.2, 0.25) is 12.3 Å². The largest absolute Gasteiger partial charge is 0.506 e. The minimum absolute atomic E-state index is 0.0938. The van der Waals surface area contributed by atoms with Crippen molar-refractivity contribution in [3.63, 3.8) is 0 Å². The lowest BCUT2D eigenvalue weighted by molar-refractivity contribution is -0.128. The number of aromatic nitrogens is 1. The summed E-state index contributed by atoms with van der Waals surface area (Å²) in [6, 6.07) is 9.41. The number of nitrogens with one attached hydrogen (secondary N) is 1. The Bertz CT molecular complexity index is 769. The standard InChI is InChI=1S/C11H12FNO.C10H15N3O2/c12-10-5-3-9(4-6-10)8-13-7-1-2-11(13)14;1-2-11-5-6-13(8-14)10-4-3-9(15)7-12-10/h3-6H,1-2,7-8H2;3-4,7-8,11,15H,2,5-6H2,1H3. The van der Waals surface area contributed by atoms with E-state index in [1.165, 1.54) is 29.3 Å². The van der Waals surface area contributed by atoms with Crippen molar-refractivity contribution in [2.75, 3.05) is 31.1 Å². The average Bonchev–Trinajstić information content (AvgIpc) is 3.13. The Morgan fingerprint density at radius 1 is 1.28 bits per heavy atom. The van der Waals surface area contributed by atoms with Crippen LogP contribution in [0.25, 0.3) is 0 Å². The van der Waals surface area contributed by atoms with E-state index in [0.717, 1.165) is 38.0 Å². The van der Waals surface area contributed by atoms with Crippen molar-refractivity contribution in [1.82, 2.24) is 15.2 Å². The number of likely N-dealkylation sites (tertiary alicyclic amines) is 1. The van der Waals surface area contributed by atoms with Crippen LogP contribution in [0.3, 0.4) is 0 Å². The summed E-state index contributed by atoms with van der Waals surface area (Å²) in [5.41, 5.74) is 0.988. The Hall–Kier alpha value is -3.00. The fourth-order valence-corrected chi connectivity index (χ4v) is 2.83. The molecule has 0 bridgehead atoms. The van der Waals surface area contributed by atoms with Crippen LogP contribution in [0.5, 0.6) is 5.75 Å². The highest BCUT2D eigenvalue weighted by molar-refractivity contribution is 5.78. The van der Waals surface area contributed by atoms with Crippen molar-refractivity contribution in [2.24, 2.45) is 0 Å². The summed E-state index contributed by atoms with van der Waals surface area (Å²) in [7, 11) is 0. The topological polar surface area (TPSA) is 85.8 Å². The van der Waals surface area contributed by atoms with Crippen molar-refractivity contribution in [3.8, 4) is 5.75 Å². The molecule has 1 aliphatic rings. The second-order valence-electron chi connectivity index (χ2n) is 6.57. The molecule has 0 atom stereocenters. The van der Waals surface area contributed by atoms with E-state index in [1.54, 1.807) is 18.2 Å². The van der Waals surface area contributed by atoms with Crippen LogP contribution < -0.4 is 10.2 Å². The fraction of sp³-hybridized carbons (Fsp3) is 0.381. The molecule has 3 rings (SSSR count). The van der Waals surface area contributed by atoms with Gasteiger partial charge in [-0.25, -0.2) is 9.37 Å². The first kappa shape index (κ1) is 22.3. The molecule has 1 aromatic heterocycles. The molecule has 2 amide bonds. The maximum atomic E-state index is 12.6. The van der Waals surface area contributed by atoms with Crippen LogP contribution in [0.1, 0.15) is 25.3 Å². The molecule has 2 aromatic rings. The molecule has 29 heavy (non-hydrogen) atoms. The molecule has 7 nitrogen and oxygen atoms in total. The van der Waals surface area contributed by atoms with E-state index in [9.17, 15) is 14.0 Å². The summed E-state index contributed by atoms with van der Waals surface area (Å²) < 4.78 is 12.6. The molecule has 0 aliphatic carbocycles. The predicted molar refractivity (Wildman–Crippen MR) is 109 cm³/mol. The van der Waals surface area contributed by atoms with Gasteiger partial charge in [-0.1, -0.05) is 19.1 Å². The molecular weight excluding hydrogens is 375 g/mol. The van der Waals surface area contributed by atoms with Crippen molar-refractivity contribution < 1.29 is 19.1 Å². The average molecular weight is 402 g/mol. The van der Waals surface area contributed by atoms with Crippen LogP contribution in [-0.4, -0.2) is 53.5 Å². The first-order valence-corrected chi connectivity index (χ1v) is 9.63. The zero-order chi connectivity index (χ0) is 21.1. The third kappa shape index (κ3) is 7.50. The summed E-state index contributed by atoms with van der Waals surface area (Å²) in [6.45, 7) is 5.60. The van der Waals surface area contributed by atoms with Gasteiger partial charge < -0.3 is 15.3 Å². The lowest BCUT2D eigenvalue weighted by Gasteiger charge is -2.16. The van der Waals surface area contributed by atoms with Gasteiger partial charge in [-0.05, 0) is 42.8 Å². The van der Waals surface area contributed by atoms with Gasteiger partial charge >= 0.3 is 0 Å². The van der Waals surface area contributed by atoms with Gasteiger partial charge in [-0.3, -0.25) is 14.5 Å². The number of halogens is 1. The molecule has 0 spiro atoms. The lowest BCUT2D eigenvalue weighted by atomic mass is 10.2. The van der Waals surface area contributed by atoms with Gasteiger partial charge in [-0.15, -0.1) is 0 Å². The summed E-state index contributed by atoms with van der Waals surface area (Å²) in [4.78, 5) is 29.3. The highest BCUT2D eigenvalue weighted by Gasteiger charge is 2.19. The number of hydrogen-bond acceptors (Lipinski definition) is 5. The van der Waals surface area contributed by atoms with Crippen LogP contribution >= 0.6 is 0 Å². The molecule has 1 aromatic carbocycles. The highest BCUT2D eigenvalue weighted by atomic mass is 19.1.